The monoisotopic (exact) mass is 518 g/mol. The third kappa shape index (κ3) is 48.5. The molecular weight excluding hydrogens is 464 g/mol. The Morgan fingerprint density at radius 3 is 1.29 bits per heavy atom. The summed E-state index contributed by atoms with van der Waals surface area (Å²) in [5.41, 5.74) is 0. The van der Waals surface area contributed by atoms with E-state index in [1.54, 1.807) is 6.92 Å². The summed E-state index contributed by atoms with van der Waals surface area (Å²) in [6.07, 6.45) is 24.9. The zero-order chi connectivity index (χ0) is 25.4. The van der Waals surface area contributed by atoms with E-state index >= 15 is 0 Å². The van der Waals surface area contributed by atoms with Crippen molar-refractivity contribution in [1.82, 2.24) is 0 Å². The van der Waals surface area contributed by atoms with Gasteiger partial charge in [-0.3, -0.25) is 0 Å². The third-order valence-corrected chi connectivity index (χ3v) is 4.75. The molecule has 6 heteroatoms. The second-order valence-electron chi connectivity index (χ2n) is 8.09. The van der Waals surface area contributed by atoms with E-state index in [2.05, 4.69) is 17.9 Å². The molecule has 0 spiro atoms. The van der Waals surface area contributed by atoms with Crippen molar-refractivity contribution in [1.29, 1.82) is 0 Å². The number of aliphatic hydroxyl groups excluding tert-OH is 3. The van der Waals surface area contributed by atoms with Crippen molar-refractivity contribution in [2.75, 3.05) is 19.8 Å². The molecule has 34 heavy (non-hydrogen) atoms. The minimum absolute atomic E-state index is 0. The van der Waals surface area contributed by atoms with Crippen LogP contribution in [-0.2, 0) is 31.2 Å². The molecule has 0 saturated carbocycles. The van der Waals surface area contributed by atoms with Gasteiger partial charge in [-0.05, 0) is 52.4 Å². The zero-order valence-electron chi connectivity index (χ0n) is 22.2. The minimum Gasteiger partial charge on any atom is -0.512 e. The van der Waals surface area contributed by atoms with E-state index in [4.69, 9.17) is 15.3 Å². The number of ether oxygens (including phenoxy) is 1. The van der Waals surface area contributed by atoms with E-state index in [0.29, 0.717) is 19.8 Å². The fourth-order valence-electron chi connectivity index (χ4n) is 2.92. The maximum Gasteiger partial charge on any atom is 0.334 e. The Morgan fingerprint density at radius 1 is 0.706 bits per heavy atom. The zero-order valence-corrected chi connectivity index (χ0v) is 23.8. The molecule has 3 N–H and O–H groups in total. The van der Waals surface area contributed by atoms with Crippen LogP contribution in [0, 0.1) is 0 Å². The number of allylic oxidation sites excluding steroid dienone is 3. The first-order valence-corrected chi connectivity index (χ1v) is 13.0. The van der Waals surface area contributed by atoms with Crippen molar-refractivity contribution < 1.29 is 46.6 Å². The van der Waals surface area contributed by atoms with Crippen molar-refractivity contribution in [3.63, 3.8) is 0 Å². The summed E-state index contributed by atoms with van der Waals surface area (Å²) in [5, 5.41) is 25.6. The van der Waals surface area contributed by atoms with Gasteiger partial charge in [0.15, 0.2) is 0 Å². The third-order valence-electron chi connectivity index (χ3n) is 4.75. The number of hydrogen-bond donors (Lipinski definition) is 3. The molecule has 0 aliphatic rings. The van der Waals surface area contributed by atoms with Gasteiger partial charge < -0.3 is 20.1 Å². The number of carbonyl (C=O) groups is 1. The summed E-state index contributed by atoms with van der Waals surface area (Å²) in [7, 11) is 0. The summed E-state index contributed by atoms with van der Waals surface area (Å²) >= 11 is 0. The maximum atomic E-state index is 10.4. The molecule has 0 radical (unpaired) electrons. The van der Waals surface area contributed by atoms with Crippen molar-refractivity contribution in [2.45, 2.75) is 117 Å². The topological polar surface area (TPSA) is 87.0 Å². The van der Waals surface area contributed by atoms with Gasteiger partial charge in [-0.2, -0.15) is 0 Å². The number of aliphatic hydroxyl groups is 3. The first-order valence-electron chi connectivity index (χ1n) is 13.0. The number of rotatable bonds is 20. The van der Waals surface area contributed by atoms with Gasteiger partial charge in [0.1, 0.15) is 0 Å². The minimum atomic E-state index is -0.502. The fourth-order valence-corrected chi connectivity index (χ4v) is 2.92. The predicted octanol–water partition coefficient (Wildman–Crippen LogP) is 7.58. The van der Waals surface area contributed by atoms with Crippen molar-refractivity contribution in [2.24, 2.45) is 0 Å². The molecule has 0 aromatic heterocycles. The average Bonchev–Trinajstić information content (AvgIpc) is 2.78. The largest absolute Gasteiger partial charge is 0.512 e. The molecule has 0 atom stereocenters. The van der Waals surface area contributed by atoms with Gasteiger partial charge in [0.2, 0.25) is 0 Å². The van der Waals surface area contributed by atoms with Gasteiger partial charge in [-0.1, -0.05) is 76.4 Å². The Kier molecular flexibility index (Phi) is 46.6. The molecule has 0 aromatic carbocycles. The Labute approximate surface area is 225 Å². The van der Waals surface area contributed by atoms with E-state index in [0.717, 1.165) is 31.8 Å². The Morgan fingerprint density at radius 2 is 1.03 bits per heavy atom. The molecule has 0 amide bonds. The summed E-state index contributed by atoms with van der Waals surface area (Å²) in [4.78, 5) is 10.4. The molecule has 0 heterocycles. The quantitative estimate of drug-likeness (QED) is 0.0386. The van der Waals surface area contributed by atoms with Crippen LogP contribution in [0.15, 0.2) is 37.1 Å². The van der Waals surface area contributed by atoms with Gasteiger partial charge in [0, 0.05) is 34.9 Å². The first kappa shape index (κ1) is 40.3. The van der Waals surface area contributed by atoms with Crippen molar-refractivity contribution in [3.05, 3.63) is 37.1 Å². The molecular formula is C28H54O5Ti. The molecule has 200 valence electrons. The second kappa shape index (κ2) is 39.3. The Hall–Kier alpha value is -0.876. The van der Waals surface area contributed by atoms with Gasteiger partial charge in [-0.15, -0.1) is 13.2 Å². The molecule has 5 nitrogen and oxygen atoms in total. The van der Waals surface area contributed by atoms with E-state index in [1.165, 1.54) is 84.0 Å². The van der Waals surface area contributed by atoms with Gasteiger partial charge in [-0.25, -0.2) is 4.79 Å². The van der Waals surface area contributed by atoms with Crippen LogP contribution in [0.5, 0.6) is 0 Å². The van der Waals surface area contributed by atoms with E-state index < -0.39 is 5.97 Å². The van der Waals surface area contributed by atoms with Crippen LogP contribution in [0.4, 0.5) is 0 Å². The smallest absolute Gasteiger partial charge is 0.334 e. The molecule has 0 aromatic rings. The molecule has 0 bridgehead atoms. The van der Waals surface area contributed by atoms with Gasteiger partial charge in [0.25, 0.3) is 0 Å². The number of esters is 1. The molecule has 0 saturated heterocycles. The summed E-state index contributed by atoms with van der Waals surface area (Å²) in [6.45, 7) is 11.6. The molecule has 0 aliphatic heterocycles. The van der Waals surface area contributed by atoms with E-state index in [1.807, 2.05) is 12.2 Å². The fraction of sp³-hybridized carbons (Fsp3) is 0.750. The van der Waals surface area contributed by atoms with E-state index in [9.17, 15) is 4.79 Å². The number of hydrogen-bond acceptors (Lipinski definition) is 5. The van der Waals surface area contributed by atoms with Crippen LogP contribution in [0.2, 0.25) is 0 Å². The van der Waals surface area contributed by atoms with E-state index in [-0.39, 0.29) is 27.5 Å². The summed E-state index contributed by atoms with van der Waals surface area (Å²) in [5.74, 6) is -0.536. The molecule has 0 unspecified atom stereocenters. The molecule has 0 fully saturated rings. The van der Waals surface area contributed by atoms with Crippen LogP contribution in [0.25, 0.3) is 0 Å². The van der Waals surface area contributed by atoms with Crippen LogP contribution in [0.3, 0.4) is 0 Å². The normalized spacial score (nSPS) is 10.1. The predicted molar refractivity (Wildman–Crippen MR) is 141 cm³/mol. The Balaban J connectivity index is -0.000000198. The van der Waals surface area contributed by atoms with Crippen molar-refractivity contribution >= 4 is 5.97 Å². The Bertz CT molecular complexity index is 411. The molecule has 0 rings (SSSR count). The van der Waals surface area contributed by atoms with Crippen LogP contribution in [-0.4, -0.2) is 41.1 Å². The van der Waals surface area contributed by atoms with Crippen LogP contribution >= 0.6 is 0 Å². The second-order valence-corrected chi connectivity index (χ2v) is 8.09. The van der Waals surface area contributed by atoms with Gasteiger partial charge >= 0.3 is 5.97 Å². The van der Waals surface area contributed by atoms with Gasteiger partial charge in [0.05, 0.1) is 18.4 Å². The first-order chi connectivity index (χ1) is 16.0. The molecule has 0 aliphatic carbocycles. The van der Waals surface area contributed by atoms with Crippen LogP contribution in [0.1, 0.15) is 117 Å². The average molecular weight is 519 g/mol. The number of unbranched alkanes of at least 4 members (excludes halogenated alkanes) is 14. The van der Waals surface area contributed by atoms with Crippen LogP contribution < -0.4 is 0 Å². The summed E-state index contributed by atoms with van der Waals surface area (Å²) in [6, 6.07) is 0. The summed E-state index contributed by atoms with van der Waals surface area (Å²) < 4.78 is 4.48. The maximum absolute atomic E-state index is 10.4. The number of carbonyl (C=O) groups excluding carboxylic acids is 1. The van der Waals surface area contributed by atoms with Crippen molar-refractivity contribution in [3.8, 4) is 0 Å². The SMILES string of the molecule is C=CCCCCCCCCCO.C=CCCCCCCCCCO.CCOC(=O)/C=C(/C)O.[Ti]. The standard InChI is InChI=1S/2C11H22O.C6H10O3.Ti/c2*1-2-3-4-5-6-7-8-9-10-11-12;1-3-9-6(8)4-5(2)7;/h2*2,12H,1,3-11H2;4,7H,3H2,1-2H3;/b;;5-4-;.